The van der Waals surface area contributed by atoms with E-state index in [0.29, 0.717) is 0 Å². The van der Waals surface area contributed by atoms with Gasteiger partial charge in [-0.25, -0.2) is 0 Å². The van der Waals surface area contributed by atoms with Gasteiger partial charge in [-0.1, -0.05) is 0 Å². The molecule has 0 amide bonds. The van der Waals surface area contributed by atoms with E-state index in [1.807, 2.05) is 0 Å². The third kappa shape index (κ3) is 5.13. The van der Waals surface area contributed by atoms with E-state index in [2.05, 4.69) is 4.74 Å². The minimum absolute atomic E-state index is 0.0195. The fourth-order valence-corrected chi connectivity index (χ4v) is 0.918. The predicted molar refractivity (Wildman–Crippen MR) is 44.6 cm³/mol. The van der Waals surface area contributed by atoms with Crippen molar-refractivity contribution < 1.29 is 29.3 Å². The molecule has 0 saturated heterocycles. The molecular weight excluding hydrogens is 192 g/mol. The topological polar surface area (TPSA) is 101 Å². The molecule has 0 saturated carbocycles. The summed E-state index contributed by atoms with van der Waals surface area (Å²) in [6.07, 6.45) is -0.582. The molecule has 1 atom stereocenters. The number of aliphatic carboxylic acids is 2. The first-order valence-electron chi connectivity index (χ1n) is 3.98. The molecule has 1 unspecified atom stereocenters. The number of rotatable bonds is 6. The van der Waals surface area contributed by atoms with Crippen LogP contribution in [-0.2, 0) is 19.1 Å². The fraction of sp³-hybridized carbons (Fsp3) is 0.625. The van der Waals surface area contributed by atoms with Crippen LogP contribution in [0.4, 0.5) is 0 Å². The van der Waals surface area contributed by atoms with Gasteiger partial charge in [-0.05, 0) is 6.42 Å². The number of esters is 1. The number of hydrogen-bond donors (Lipinski definition) is 2. The van der Waals surface area contributed by atoms with Crippen molar-refractivity contribution in [3.63, 3.8) is 0 Å². The first-order chi connectivity index (χ1) is 6.47. The Morgan fingerprint density at radius 2 is 1.86 bits per heavy atom. The van der Waals surface area contributed by atoms with Gasteiger partial charge < -0.3 is 14.9 Å². The summed E-state index contributed by atoms with van der Waals surface area (Å²) in [6.45, 7) is 0. The van der Waals surface area contributed by atoms with E-state index in [1.54, 1.807) is 0 Å². The summed E-state index contributed by atoms with van der Waals surface area (Å²) in [5.74, 6) is -3.98. The number of hydrogen-bond acceptors (Lipinski definition) is 4. The number of carboxylic acid groups (broad SMARTS) is 2. The maximum absolute atomic E-state index is 10.7. The number of carboxylic acids is 2. The summed E-state index contributed by atoms with van der Waals surface area (Å²) in [5, 5.41) is 17.0. The van der Waals surface area contributed by atoms with Crippen molar-refractivity contribution in [2.45, 2.75) is 19.3 Å². The Bertz CT molecular complexity index is 234. The van der Waals surface area contributed by atoms with Gasteiger partial charge in [-0.3, -0.25) is 14.4 Å². The molecule has 0 bridgehead atoms. The Balaban J connectivity index is 4.04. The largest absolute Gasteiger partial charge is 0.481 e. The lowest BCUT2D eigenvalue weighted by molar-refractivity contribution is -0.149. The normalized spacial score (nSPS) is 11.8. The summed E-state index contributed by atoms with van der Waals surface area (Å²) in [6, 6.07) is 0. The maximum atomic E-state index is 10.7. The quantitative estimate of drug-likeness (QED) is 0.595. The Labute approximate surface area is 80.5 Å². The summed E-state index contributed by atoms with van der Waals surface area (Å²) in [5.41, 5.74) is 0. The van der Waals surface area contributed by atoms with Crippen molar-refractivity contribution in [1.82, 2.24) is 0 Å². The molecule has 6 heteroatoms. The van der Waals surface area contributed by atoms with Crippen LogP contribution in [0.15, 0.2) is 0 Å². The Morgan fingerprint density at radius 1 is 1.29 bits per heavy atom. The van der Waals surface area contributed by atoms with Crippen molar-refractivity contribution in [2.24, 2.45) is 5.92 Å². The highest BCUT2D eigenvalue weighted by atomic mass is 16.5. The molecule has 0 aliphatic rings. The van der Waals surface area contributed by atoms with Crippen LogP contribution >= 0.6 is 0 Å². The molecule has 14 heavy (non-hydrogen) atoms. The van der Waals surface area contributed by atoms with Gasteiger partial charge in [0, 0.05) is 6.42 Å². The van der Waals surface area contributed by atoms with Gasteiger partial charge in [0.25, 0.3) is 0 Å². The van der Waals surface area contributed by atoms with Gasteiger partial charge in [0.1, 0.15) is 0 Å². The van der Waals surface area contributed by atoms with Crippen molar-refractivity contribution >= 4 is 17.9 Å². The van der Waals surface area contributed by atoms with Crippen LogP contribution in [-0.4, -0.2) is 35.2 Å². The van der Waals surface area contributed by atoms with E-state index >= 15 is 0 Å². The van der Waals surface area contributed by atoms with Crippen LogP contribution in [0, 0.1) is 5.92 Å². The van der Waals surface area contributed by atoms with Crippen LogP contribution in [0.2, 0.25) is 0 Å². The predicted octanol–water partition coefficient (Wildman–Crippen LogP) is 0.115. The van der Waals surface area contributed by atoms with Crippen molar-refractivity contribution in [2.75, 3.05) is 7.11 Å². The number of methoxy groups -OCH3 is 1. The first kappa shape index (κ1) is 12.4. The number of carbonyl (C=O) groups excluding carboxylic acids is 1. The van der Waals surface area contributed by atoms with Gasteiger partial charge in [-0.15, -0.1) is 0 Å². The average Bonchev–Trinajstić information content (AvgIpc) is 2.10. The van der Waals surface area contributed by atoms with Crippen LogP contribution in [0.1, 0.15) is 19.3 Å². The monoisotopic (exact) mass is 204 g/mol. The number of ether oxygens (including phenoxy) is 1. The highest BCUT2D eigenvalue weighted by Gasteiger charge is 2.21. The molecule has 0 aromatic carbocycles. The van der Waals surface area contributed by atoms with E-state index < -0.39 is 30.2 Å². The second-order valence-electron chi connectivity index (χ2n) is 2.75. The highest BCUT2D eigenvalue weighted by molar-refractivity contribution is 5.78. The van der Waals surface area contributed by atoms with E-state index in [0.717, 1.165) is 0 Å². The maximum Gasteiger partial charge on any atom is 0.307 e. The van der Waals surface area contributed by atoms with Crippen LogP contribution in [0.3, 0.4) is 0 Å². The fourth-order valence-electron chi connectivity index (χ4n) is 0.918. The van der Waals surface area contributed by atoms with Gasteiger partial charge in [0.2, 0.25) is 0 Å². The van der Waals surface area contributed by atoms with E-state index in [4.69, 9.17) is 10.2 Å². The van der Waals surface area contributed by atoms with Gasteiger partial charge in [0.15, 0.2) is 0 Å². The third-order valence-corrected chi connectivity index (χ3v) is 1.69. The zero-order chi connectivity index (χ0) is 11.1. The first-order valence-corrected chi connectivity index (χ1v) is 3.98. The van der Waals surface area contributed by atoms with Crippen molar-refractivity contribution in [1.29, 1.82) is 0 Å². The highest BCUT2D eigenvalue weighted by Crippen LogP contribution is 2.12. The lowest BCUT2D eigenvalue weighted by Gasteiger charge is -2.07. The van der Waals surface area contributed by atoms with Gasteiger partial charge in [-0.2, -0.15) is 0 Å². The number of carbonyl (C=O) groups is 3. The molecule has 0 spiro atoms. The summed E-state index contributed by atoms with van der Waals surface area (Å²) in [7, 11) is 1.19. The molecule has 0 radical (unpaired) electrons. The van der Waals surface area contributed by atoms with Gasteiger partial charge >= 0.3 is 17.9 Å². The van der Waals surface area contributed by atoms with Crippen LogP contribution in [0.25, 0.3) is 0 Å². The zero-order valence-corrected chi connectivity index (χ0v) is 7.73. The second-order valence-corrected chi connectivity index (χ2v) is 2.75. The molecule has 0 aliphatic heterocycles. The van der Waals surface area contributed by atoms with Crippen LogP contribution < -0.4 is 0 Å². The average molecular weight is 204 g/mol. The lowest BCUT2D eigenvalue weighted by atomic mass is 10.00. The molecule has 0 aromatic heterocycles. The lowest BCUT2D eigenvalue weighted by Crippen LogP contribution is -2.19. The van der Waals surface area contributed by atoms with E-state index in [-0.39, 0.29) is 12.8 Å². The Kier molecular flexibility index (Phi) is 5.28. The third-order valence-electron chi connectivity index (χ3n) is 1.69. The second kappa shape index (κ2) is 5.95. The Hall–Kier alpha value is -1.59. The van der Waals surface area contributed by atoms with Crippen molar-refractivity contribution in [3.8, 4) is 0 Å². The molecule has 0 heterocycles. The van der Waals surface area contributed by atoms with Crippen molar-refractivity contribution in [3.05, 3.63) is 0 Å². The molecule has 0 aliphatic carbocycles. The smallest absolute Gasteiger partial charge is 0.307 e. The summed E-state index contributed by atoms with van der Waals surface area (Å²) < 4.78 is 4.31. The summed E-state index contributed by atoms with van der Waals surface area (Å²) in [4.78, 5) is 31.4. The Morgan fingerprint density at radius 3 is 2.21 bits per heavy atom. The molecular formula is C8H12O6. The minimum Gasteiger partial charge on any atom is -0.481 e. The van der Waals surface area contributed by atoms with E-state index in [1.165, 1.54) is 7.11 Å². The molecule has 80 valence electrons. The minimum atomic E-state index is -1.21. The molecule has 0 fully saturated rings. The zero-order valence-electron chi connectivity index (χ0n) is 7.73. The standard InChI is InChI=1S/C8H12O6/c1-14-7(11)3-2-5(8(12)13)4-6(9)10/h5H,2-4H2,1H3,(H,9,10)(H,12,13). The van der Waals surface area contributed by atoms with Crippen LogP contribution in [0.5, 0.6) is 0 Å². The molecule has 0 aromatic rings. The SMILES string of the molecule is COC(=O)CCC(CC(=O)O)C(=O)O. The molecule has 2 N–H and O–H groups in total. The van der Waals surface area contributed by atoms with E-state index in [9.17, 15) is 14.4 Å². The molecule has 6 nitrogen and oxygen atoms in total. The summed E-state index contributed by atoms with van der Waals surface area (Å²) >= 11 is 0. The molecule has 0 rings (SSSR count). The van der Waals surface area contributed by atoms with Gasteiger partial charge in [0.05, 0.1) is 19.4 Å².